The third-order valence-electron chi connectivity index (χ3n) is 5.63. The summed E-state index contributed by atoms with van der Waals surface area (Å²) in [5.41, 5.74) is 1.14. The number of ketones is 1. The maximum Gasteiger partial charge on any atom is 0.340 e. The molecule has 2 aromatic carbocycles. The zero-order chi connectivity index (χ0) is 22.0. The van der Waals surface area contributed by atoms with Crippen LogP contribution in [0.1, 0.15) is 33.6 Å². The Bertz CT molecular complexity index is 1030. The molecule has 0 aliphatic carbocycles. The summed E-state index contributed by atoms with van der Waals surface area (Å²) < 4.78 is 15.9. The predicted molar refractivity (Wildman–Crippen MR) is 111 cm³/mol. The maximum absolute atomic E-state index is 13.0. The molecule has 0 atom stereocenters. The Balaban J connectivity index is 1.48. The summed E-state index contributed by atoms with van der Waals surface area (Å²) in [5.74, 6) is 0.495. The van der Waals surface area contributed by atoms with Gasteiger partial charge in [0.25, 0.3) is 5.69 Å². The quantitative estimate of drug-likeness (QED) is 0.310. The number of hydrogen-bond acceptors (Lipinski definition) is 8. The number of nitro benzene ring substituents is 1. The van der Waals surface area contributed by atoms with Crippen LogP contribution in [0, 0.1) is 16.0 Å². The van der Waals surface area contributed by atoms with Gasteiger partial charge in [0.2, 0.25) is 0 Å². The number of Topliss-reactive ketones (excluding diaryl/α,β-unsaturated/α-hetero) is 1. The topological polar surface area (TPSA) is 108 Å². The second-order valence-electron chi connectivity index (χ2n) is 7.43. The Kier molecular flexibility index (Phi) is 5.75. The van der Waals surface area contributed by atoms with Crippen LogP contribution in [0.15, 0.2) is 36.4 Å². The van der Waals surface area contributed by atoms with E-state index in [9.17, 15) is 19.7 Å². The molecule has 0 N–H and O–H groups in total. The molecule has 0 aromatic heterocycles. The van der Waals surface area contributed by atoms with Gasteiger partial charge < -0.3 is 19.1 Å². The van der Waals surface area contributed by atoms with Gasteiger partial charge in [-0.05, 0) is 37.1 Å². The summed E-state index contributed by atoms with van der Waals surface area (Å²) in [7, 11) is 1.24. The number of ether oxygens (including phenoxy) is 3. The normalized spacial score (nSPS) is 16.0. The van der Waals surface area contributed by atoms with Gasteiger partial charge in [0, 0.05) is 36.7 Å². The molecule has 1 saturated heterocycles. The fourth-order valence-corrected chi connectivity index (χ4v) is 4.00. The Hall–Kier alpha value is -3.62. The van der Waals surface area contributed by atoms with Gasteiger partial charge in [0.1, 0.15) is 13.2 Å². The second-order valence-corrected chi connectivity index (χ2v) is 7.43. The summed E-state index contributed by atoms with van der Waals surface area (Å²) in [6, 6.07) is 9.41. The van der Waals surface area contributed by atoms with Gasteiger partial charge in [-0.3, -0.25) is 14.9 Å². The molecule has 4 rings (SSSR count). The SMILES string of the molecule is COC(=O)c1cc([N+](=O)[O-])ccc1N1CCC(C(=O)c2ccc3c(c2)OCCO3)CC1. The van der Waals surface area contributed by atoms with Gasteiger partial charge in [0.15, 0.2) is 17.3 Å². The van der Waals surface area contributed by atoms with Crippen LogP contribution in [0.4, 0.5) is 11.4 Å². The first kappa shape index (κ1) is 20.6. The Morgan fingerprint density at radius 2 is 1.77 bits per heavy atom. The average molecular weight is 426 g/mol. The number of non-ortho nitro benzene ring substituents is 1. The van der Waals surface area contributed by atoms with Gasteiger partial charge in [-0.15, -0.1) is 0 Å². The lowest BCUT2D eigenvalue weighted by Crippen LogP contribution is -2.37. The average Bonchev–Trinajstić information content (AvgIpc) is 2.82. The van der Waals surface area contributed by atoms with Gasteiger partial charge in [0.05, 0.1) is 23.3 Å². The van der Waals surface area contributed by atoms with E-state index in [-0.39, 0.29) is 23.0 Å². The minimum atomic E-state index is -0.631. The van der Waals surface area contributed by atoms with E-state index in [1.165, 1.54) is 19.2 Å². The fraction of sp³-hybridized carbons (Fsp3) is 0.364. The smallest absolute Gasteiger partial charge is 0.340 e. The summed E-state index contributed by atoms with van der Waals surface area (Å²) >= 11 is 0. The largest absolute Gasteiger partial charge is 0.486 e. The lowest BCUT2D eigenvalue weighted by atomic mass is 9.88. The van der Waals surface area contributed by atoms with Crippen LogP contribution in [-0.4, -0.2) is 50.1 Å². The highest BCUT2D eigenvalue weighted by Crippen LogP contribution is 2.34. The highest BCUT2D eigenvalue weighted by Gasteiger charge is 2.29. The van der Waals surface area contributed by atoms with E-state index in [1.807, 2.05) is 4.90 Å². The van der Waals surface area contributed by atoms with Crippen LogP contribution in [0.25, 0.3) is 0 Å². The van der Waals surface area contributed by atoms with E-state index in [0.717, 1.165) is 0 Å². The molecule has 2 aliphatic heterocycles. The Labute approximate surface area is 178 Å². The maximum atomic E-state index is 13.0. The zero-order valence-electron chi connectivity index (χ0n) is 17.0. The first-order valence-corrected chi connectivity index (χ1v) is 10.0. The van der Waals surface area contributed by atoms with Crippen molar-refractivity contribution in [2.24, 2.45) is 5.92 Å². The summed E-state index contributed by atoms with van der Waals surface area (Å²) in [6.45, 7) is 2.04. The molecule has 0 spiro atoms. The first-order chi connectivity index (χ1) is 15.0. The van der Waals surface area contributed by atoms with E-state index in [0.29, 0.717) is 61.9 Å². The molecule has 9 heteroatoms. The van der Waals surface area contributed by atoms with E-state index >= 15 is 0 Å². The molecular weight excluding hydrogens is 404 g/mol. The molecule has 0 amide bonds. The Morgan fingerprint density at radius 1 is 1.06 bits per heavy atom. The molecular formula is C22H22N2O7. The molecule has 9 nitrogen and oxygen atoms in total. The number of hydrogen-bond donors (Lipinski definition) is 0. The predicted octanol–water partition coefficient (Wildman–Crippen LogP) is 3.25. The van der Waals surface area contributed by atoms with Crippen LogP contribution in [0.2, 0.25) is 0 Å². The lowest BCUT2D eigenvalue weighted by molar-refractivity contribution is -0.384. The summed E-state index contributed by atoms with van der Waals surface area (Å²) in [6.07, 6.45) is 1.20. The highest BCUT2D eigenvalue weighted by atomic mass is 16.6. The van der Waals surface area contributed by atoms with Crippen LogP contribution >= 0.6 is 0 Å². The van der Waals surface area contributed by atoms with Crippen molar-refractivity contribution in [1.29, 1.82) is 0 Å². The van der Waals surface area contributed by atoms with Crippen molar-refractivity contribution >= 4 is 23.1 Å². The first-order valence-electron chi connectivity index (χ1n) is 10.0. The monoisotopic (exact) mass is 426 g/mol. The van der Waals surface area contributed by atoms with Gasteiger partial charge in [-0.1, -0.05) is 0 Å². The number of carbonyl (C=O) groups is 2. The van der Waals surface area contributed by atoms with Gasteiger partial charge in [-0.2, -0.15) is 0 Å². The standard InChI is InChI=1S/C22H22N2O7/c1-29-22(26)17-13-16(24(27)28)3-4-18(17)23-8-6-14(7-9-23)21(25)15-2-5-19-20(12-15)31-11-10-30-19/h2-5,12-14H,6-11H2,1H3. The molecule has 162 valence electrons. The number of carbonyl (C=O) groups excluding carboxylic acids is 2. The number of methoxy groups -OCH3 is 1. The van der Waals surface area contributed by atoms with Crippen LogP contribution in [-0.2, 0) is 4.74 Å². The van der Waals surface area contributed by atoms with E-state index in [1.54, 1.807) is 24.3 Å². The lowest BCUT2D eigenvalue weighted by Gasteiger charge is -2.34. The number of benzene rings is 2. The minimum Gasteiger partial charge on any atom is -0.486 e. The van der Waals surface area contributed by atoms with Crippen LogP contribution < -0.4 is 14.4 Å². The molecule has 31 heavy (non-hydrogen) atoms. The van der Waals surface area contributed by atoms with Crippen molar-refractivity contribution in [3.05, 3.63) is 57.6 Å². The van der Waals surface area contributed by atoms with E-state index < -0.39 is 10.9 Å². The van der Waals surface area contributed by atoms with Gasteiger partial charge >= 0.3 is 5.97 Å². The van der Waals surface area contributed by atoms with Crippen molar-refractivity contribution in [3.8, 4) is 11.5 Å². The molecule has 2 aromatic rings. The zero-order valence-corrected chi connectivity index (χ0v) is 17.0. The number of fused-ring (bicyclic) bond motifs is 1. The van der Waals surface area contributed by atoms with Crippen molar-refractivity contribution in [2.75, 3.05) is 38.3 Å². The molecule has 2 heterocycles. The van der Waals surface area contributed by atoms with E-state index in [2.05, 4.69) is 0 Å². The molecule has 0 radical (unpaired) electrons. The van der Waals surface area contributed by atoms with Crippen LogP contribution in [0.5, 0.6) is 11.5 Å². The van der Waals surface area contributed by atoms with Crippen LogP contribution in [0.3, 0.4) is 0 Å². The number of rotatable bonds is 5. The second kappa shape index (κ2) is 8.63. The minimum absolute atomic E-state index is 0.0496. The molecule has 0 bridgehead atoms. The van der Waals surface area contributed by atoms with Gasteiger partial charge in [-0.25, -0.2) is 4.79 Å². The highest BCUT2D eigenvalue weighted by molar-refractivity contribution is 5.99. The Morgan fingerprint density at radius 3 is 2.45 bits per heavy atom. The molecule has 2 aliphatic rings. The molecule has 1 fully saturated rings. The molecule has 0 unspecified atom stereocenters. The number of nitrogens with zero attached hydrogens (tertiary/aromatic N) is 2. The van der Waals surface area contributed by atoms with Crippen molar-refractivity contribution in [3.63, 3.8) is 0 Å². The fourth-order valence-electron chi connectivity index (χ4n) is 4.00. The third-order valence-corrected chi connectivity index (χ3v) is 5.63. The van der Waals surface area contributed by atoms with Crippen molar-refractivity contribution in [1.82, 2.24) is 0 Å². The third kappa shape index (κ3) is 4.16. The number of nitro groups is 1. The summed E-state index contributed by atoms with van der Waals surface area (Å²) in [5, 5.41) is 11.1. The van der Waals surface area contributed by atoms with E-state index in [4.69, 9.17) is 14.2 Å². The number of esters is 1. The summed E-state index contributed by atoms with van der Waals surface area (Å²) in [4.78, 5) is 37.7. The number of piperidine rings is 1. The molecule has 0 saturated carbocycles. The van der Waals surface area contributed by atoms with Crippen molar-refractivity contribution < 1.29 is 28.7 Å². The number of anilines is 1. The van der Waals surface area contributed by atoms with Crippen molar-refractivity contribution in [2.45, 2.75) is 12.8 Å².